The second-order valence-electron chi connectivity index (χ2n) is 5.71. The van der Waals surface area contributed by atoms with Gasteiger partial charge in [-0.3, -0.25) is 15.2 Å². The van der Waals surface area contributed by atoms with Gasteiger partial charge in [-0.15, -0.1) is 0 Å². The zero-order chi connectivity index (χ0) is 16.3. The van der Waals surface area contributed by atoms with Crippen LogP contribution in [-0.4, -0.2) is 5.91 Å². The van der Waals surface area contributed by atoms with Crippen LogP contribution in [0.4, 0.5) is 11.4 Å². The number of unbranched alkanes of at least 4 members (excludes halogenated alkanes) is 4. The van der Waals surface area contributed by atoms with Gasteiger partial charge < -0.3 is 0 Å². The number of rotatable bonds is 9. The van der Waals surface area contributed by atoms with Crippen LogP contribution in [0.25, 0.3) is 0 Å². The van der Waals surface area contributed by atoms with Crippen molar-refractivity contribution in [3.63, 3.8) is 0 Å². The van der Waals surface area contributed by atoms with E-state index in [9.17, 15) is 4.79 Å². The van der Waals surface area contributed by atoms with Crippen molar-refractivity contribution in [3.05, 3.63) is 60.7 Å². The number of hydrogen-bond donors (Lipinski definition) is 1. The quantitative estimate of drug-likeness (QED) is 0.509. The van der Waals surface area contributed by atoms with E-state index in [-0.39, 0.29) is 5.91 Å². The lowest BCUT2D eigenvalue weighted by molar-refractivity contribution is -0.121. The third-order valence-electron chi connectivity index (χ3n) is 3.77. The van der Waals surface area contributed by atoms with Crippen LogP contribution in [0.5, 0.6) is 0 Å². The second-order valence-corrected chi connectivity index (χ2v) is 5.71. The molecule has 1 amide bonds. The number of carbonyl (C=O) groups is 1. The zero-order valence-corrected chi connectivity index (χ0v) is 13.9. The van der Waals surface area contributed by atoms with Gasteiger partial charge >= 0.3 is 0 Å². The molecule has 2 rings (SSSR count). The van der Waals surface area contributed by atoms with Gasteiger partial charge in [-0.2, -0.15) is 0 Å². The van der Waals surface area contributed by atoms with E-state index in [4.69, 9.17) is 0 Å². The molecule has 0 spiro atoms. The maximum Gasteiger partial charge on any atom is 0.238 e. The van der Waals surface area contributed by atoms with E-state index in [1.165, 1.54) is 19.3 Å². The van der Waals surface area contributed by atoms with Crippen molar-refractivity contribution < 1.29 is 4.79 Å². The summed E-state index contributed by atoms with van der Waals surface area (Å²) in [4.78, 5) is 12.3. The molecule has 0 atom stereocenters. The van der Waals surface area contributed by atoms with Crippen LogP contribution in [0.3, 0.4) is 0 Å². The van der Waals surface area contributed by atoms with Crippen molar-refractivity contribution in [2.45, 2.75) is 45.4 Å². The van der Waals surface area contributed by atoms with E-state index in [0.29, 0.717) is 6.42 Å². The van der Waals surface area contributed by atoms with Crippen molar-refractivity contribution >= 4 is 17.3 Å². The topological polar surface area (TPSA) is 32.3 Å². The fraction of sp³-hybridized carbons (Fsp3) is 0.350. The average Bonchev–Trinajstić information content (AvgIpc) is 2.61. The fourth-order valence-corrected chi connectivity index (χ4v) is 2.50. The molecule has 0 heterocycles. The number of para-hydroxylation sites is 2. The van der Waals surface area contributed by atoms with Crippen LogP contribution in [0.15, 0.2) is 60.7 Å². The maximum atomic E-state index is 12.3. The van der Waals surface area contributed by atoms with E-state index in [2.05, 4.69) is 12.3 Å². The Kier molecular flexibility index (Phi) is 7.18. The first-order chi connectivity index (χ1) is 11.3. The van der Waals surface area contributed by atoms with E-state index in [0.717, 1.165) is 24.2 Å². The zero-order valence-electron chi connectivity index (χ0n) is 13.9. The number of carbonyl (C=O) groups excluding carboxylic acids is 1. The molecule has 2 aromatic rings. The Morgan fingerprint density at radius 1 is 0.826 bits per heavy atom. The van der Waals surface area contributed by atoms with Gasteiger partial charge in [0.25, 0.3) is 0 Å². The molecule has 0 fully saturated rings. The van der Waals surface area contributed by atoms with Crippen molar-refractivity contribution in [1.29, 1.82) is 0 Å². The summed E-state index contributed by atoms with van der Waals surface area (Å²) < 4.78 is 0. The first-order valence-corrected chi connectivity index (χ1v) is 8.51. The molecule has 3 heteroatoms. The summed E-state index contributed by atoms with van der Waals surface area (Å²) in [5.74, 6) is 0.0641. The fourth-order valence-electron chi connectivity index (χ4n) is 2.50. The highest BCUT2D eigenvalue weighted by Gasteiger charge is 2.11. The lowest BCUT2D eigenvalue weighted by atomic mass is 10.1. The molecular weight excluding hydrogens is 284 g/mol. The van der Waals surface area contributed by atoms with Crippen LogP contribution >= 0.6 is 0 Å². The van der Waals surface area contributed by atoms with Crippen LogP contribution < -0.4 is 10.4 Å². The Morgan fingerprint density at radius 3 is 1.87 bits per heavy atom. The van der Waals surface area contributed by atoms with Gasteiger partial charge in [0.05, 0.1) is 11.4 Å². The highest BCUT2D eigenvalue weighted by molar-refractivity contribution is 5.80. The number of hydrogen-bond acceptors (Lipinski definition) is 2. The van der Waals surface area contributed by atoms with E-state index < -0.39 is 0 Å². The van der Waals surface area contributed by atoms with Gasteiger partial charge in [-0.05, 0) is 30.7 Å². The Balaban J connectivity index is 1.97. The molecule has 1 N–H and O–H groups in total. The number of anilines is 2. The van der Waals surface area contributed by atoms with Gasteiger partial charge in [0.2, 0.25) is 5.91 Å². The number of nitrogens with zero attached hydrogens (tertiary/aromatic N) is 1. The molecule has 0 aliphatic rings. The average molecular weight is 310 g/mol. The summed E-state index contributed by atoms with van der Waals surface area (Å²) in [6, 6.07) is 19.8. The summed E-state index contributed by atoms with van der Waals surface area (Å²) in [6.45, 7) is 2.20. The number of nitrogens with one attached hydrogen (secondary N) is 1. The van der Waals surface area contributed by atoms with Gasteiger partial charge in [0.15, 0.2) is 0 Å². The third-order valence-corrected chi connectivity index (χ3v) is 3.77. The smallest absolute Gasteiger partial charge is 0.238 e. The summed E-state index contributed by atoms with van der Waals surface area (Å²) in [5, 5.41) is 1.86. The Hall–Kier alpha value is -2.29. The van der Waals surface area contributed by atoms with Crippen molar-refractivity contribution in [2.75, 3.05) is 5.01 Å². The minimum absolute atomic E-state index is 0.0641. The molecule has 3 nitrogen and oxygen atoms in total. The molecule has 0 unspecified atom stereocenters. The van der Waals surface area contributed by atoms with Crippen molar-refractivity contribution in [1.82, 2.24) is 5.43 Å². The minimum Gasteiger partial charge on any atom is -0.273 e. The van der Waals surface area contributed by atoms with Gasteiger partial charge in [-0.1, -0.05) is 69.0 Å². The largest absolute Gasteiger partial charge is 0.273 e. The summed E-state index contributed by atoms with van der Waals surface area (Å²) >= 11 is 0. The van der Waals surface area contributed by atoms with Crippen molar-refractivity contribution in [3.8, 4) is 0 Å². The predicted molar refractivity (Wildman–Crippen MR) is 96.5 cm³/mol. The normalized spacial score (nSPS) is 10.3. The Labute approximate surface area is 139 Å². The molecule has 0 aromatic heterocycles. The molecule has 23 heavy (non-hydrogen) atoms. The van der Waals surface area contributed by atoms with E-state index in [1.807, 2.05) is 65.7 Å². The summed E-state index contributed by atoms with van der Waals surface area (Å²) in [5.41, 5.74) is 4.95. The summed E-state index contributed by atoms with van der Waals surface area (Å²) in [7, 11) is 0. The molecule has 0 radical (unpaired) electrons. The minimum atomic E-state index is 0.0641. The predicted octanol–water partition coefficient (Wildman–Crippen LogP) is 5.22. The number of benzene rings is 2. The SMILES string of the molecule is CCCCCCCC(=O)NN(c1ccccc1)c1ccccc1. The Morgan fingerprint density at radius 2 is 1.35 bits per heavy atom. The van der Waals surface area contributed by atoms with E-state index >= 15 is 0 Å². The highest BCUT2D eigenvalue weighted by Crippen LogP contribution is 2.22. The highest BCUT2D eigenvalue weighted by atomic mass is 16.2. The molecule has 0 aliphatic heterocycles. The summed E-state index contributed by atoms with van der Waals surface area (Å²) in [6.07, 6.45) is 6.33. The molecule has 122 valence electrons. The molecule has 0 bridgehead atoms. The molecule has 2 aromatic carbocycles. The van der Waals surface area contributed by atoms with Gasteiger partial charge in [-0.25, -0.2) is 0 Å². The monoisotopic (exact) mass is 310 g/mol. The van der Waals surface area contributed by atoms with Crippen LogP contribution in [-0.2, 0) is 4.79 Å². The first-order valence-electron chi connectivity index (χ1n) is 8.51. The second kappa shape index (κ2) is 9.67. The lowest BCUT2D eigenvalue weighted by Gasteiger charge is -2.25. The molecule has 0 saturated heterocycles. The lowest BCUT2D eigenvalue weighted by Crippen LogP contribution is -2.38. The standard InChI is InChI=1S/C20H26N2O/c1-2-3-4-5-12-17-20(23)21-22(18-13-8-6-9-14-18)19-15-10-7-11-16-19/h6-11,13-16H,2-5,12,17H2,1H3,(H,21,23). The third kappa shape index (κ3) is 5.78. The van der Waals surface area contributed by atoms with Gasteiger partial charge in [0, 0.05) is 6.42 Å². The number of amides is 1. The molecule has 0 saturated carbocycles. The Bertz CT molecular complexity index is 529. The van der Waals surface area contributed by atoms with Crippen LogP contribution in [0.2, 0.25) is 0 Å². The van der Waals surface area contributed by atoms with E-state index in [1.54, 1.807) is 0 Å². The van der Waals surface area contributed by atoms with Crippen LogP contribution in [0, 0.1) is 0 Å². The van der Waals surface area contributed by atoms with Gasteiger partial charge in [0.1, 0.15) is 0 Å². The molecule has 0 aliphatic carbocycles. The molecular formula is C20H26N2O. The van der Waals surface area contributed by atoms with Crippen LogP contribution in [0.1, 0.15) is 45.4 Å². The maximum absolute atomic E-state index is 12.3. The van der Waals surface area contributed by atoms with Crippen molar-refractivity contribution in [2.24, 2.45) is 0 Å². The number of hydrazine groups is 1. The first kappa shape index (κ1) is 17.1.